The van der Waals surface area contributed by atoms with E-state index in [0.717, 1.165) is 18.8 Å². The third-order valence-electron chi connectivity index (χ3n) is 2.80. The fraction of sp³-hybridized carbons (Fsp3) is 0.545. The highest BCUT2D eigenvalue weighted by molar-refractivity contribution is 6.29. The minimum Gasteiger partial charge on any atom is -0.353 e. The van der Waals surface area contributed by atoms with Crippen LogP contribution in [0.15, 0.2) is 6.07 Å². The zero-order valence-electron chi connectivity index (χ0n) is 9.90. The van der Waals surface area contributed by atoms with Crippen molar-refractivity contribution >= 4 is 23.3 Å². The van der Waals surface area contributed by atoms with E-state index in [1.54, 1.807) is 13.0 Å². The molecule has 1 aromatic heterocycles. The van der Waals surface area contributed by atoms with Crippen LogP contribution in [0.25, 0.3) is 0 Å². The van der Waals surface area contributed by atoms with Gasteiger partial charge in [0.2, 0.25) is 5.91 Å². The van der Waals surface area contributed by atoms with Crippen LogP contribution in [0, 0.1) is 6.92 Å². The van der Waals surface area contributed by atoms with Gasteiger partial charge in [-0.2, -0.15) is 0 Å². The average molecular weight is 255 g/mol. The molecule has 17 heavy (non-hydrogen) atoms. The van der Waals surface area contributed by atoms with Gasteiger partial charge in [-0.25, -0.2) is 9.97 Å². The van der Waals surface area contributed by atoms with Crippen LogP contribution in [0.1, 0.15) is 19.2 Å². The molecule has 6 heteroatoms. The highest BCUT2D eigenvalue weighted by atomic mass is 35.5. The van der Waals surface area contributed by atoms with Crippen LogP contribution in [-0.2, 0) is 4.79 Å². The summed E-state index contributed by atoms with van der Waals surface area (Å²) in [6, 6.07) is 1.53. The number of rotatable bonds is 2. The smallest absolute Gasteiger partial charge is 0.242 e. The van der Waals surface area contributed by atoms with E-state index in [1.165, 1.54) is 0 Å². The number of carbonyl (C=O) groups excluding carboxylic acids is 1. The molecule has 1 unspecified atom stereocenters. The Kier molecular flexibility index (Phi) is 3.47. The number of piperazine rings is 1. The van der Waals surface area contributed by atoms with E-state index in [4.69, 9.17) is 11.6 Å². The van der Waals surface area contributed by atoms with Crippen LogP contribution in [0.5, 0.6) is 0 Å². The van der Waals surface area contributed by atoms with Gasteiger partial charge in [-0.05, 0) is 13.3 Å². The van der Waals surface area contributed by atoms with Gasteiger partial charge in [-0.1, -0.05) is 18.5 Å². The molecule has 0 spiro atoms. The van der Waals surface area contributed by atoms with Crippen molar-refractivity contribution in [1.82, 2.24) is 15.3 Å². The molecule has 1 aromatic rings. The number of carbonyl (C=O) groups is 1. The van der Waals surface area contributed by atoms with E-state index < -0.39 is 0 Å². The zero-order chi connectivity index (χ0) is 12.4. The summed E-state index contributed by atoms with van der Waals surface area (Å²) in [7, 11) is 0. The minimum absolute atomic E-state index is 0.0473. The first-order valence-corrected chi connectivity index (χ1v) is 6.05. The fourth-order valence-corrected chi connectivity index (χ4v) is 2.28. The highest BCUT2D eigenvalue weighted by Gasteiger charge is 2.29. The van der Waals surface area contributed by atoms with Crippen molar-refractivity contribution in [3.8, 4) is 0 Å². The number of anilines is 1. The molecular weight excluding hydrogens is 240 g/mol. The maximum Gasteiger partial charge on any atom is 0.242 e. The van der Waals surface area contributed by atoms with Crippen molar-refractivity contribution < 1.29 is 4.79 Å². The number of halogens is 1. The Bertz CT molecular complexity index is 417. The number of hydrogen-bond acceptors (Lipinski definition) is 4. The third kappa shape index (κ3) is 2.49. The van der Waals surface area contributed by atoms with Crippen LogP contribution in [0.3, 0.4) is 0 Å². The highest BCUT2D eigenvalue weighted by Crippen LogP contribution is 2.20. The zero-order valence-corrected chi connectivity index (χ0v) is 10.7. The van der Waals surface area contributed by atoms with E-state index in [1.807, 2.05) is 11.8 Å². The maximum atomic E-state index is 11.7. The van der Waals surface area contributed by atoms with E-state index in [9.17, 15) is 4.79 Å². The van der Waals surface area contributed by atoms with Gasteiger partial charge in [0.05, 0.1) is 0 Å². The predicted octanol–water partition coefficient (Wildman–Crippen LogP) is 1.15. The largest absolute Gasteiger partial charge is 0.353 e. The van der Waals surface area contributed by atoms with Crippen LogP contribution in [-0.4, -0.2) is 35.0 Å². The molecule has 1 saturated heterocycles. The van der Waals surface area contributed by atoms with E-state index in [0.29, 0.717) is 17.5 Å². The quantitative estimate of drug-likeness (QED) is 0.805. The van der Waals surface area contributed by atoms with Gasteiger partial charge >= 0.3 is 0 Å². The summed E-state index contributed by atoms with van der Waals surface area (Å²) < 4.78 is 0. The molecule has 1 aliphatic heterocycles. The number of aromatic nitrogens is 2. The Labute approximate surface area is 105 Å². The number of hydrogen-bond donors (Lipinski definition) is 1. The average Bonchev–Trinajstić information content (AvgIpc) is 2.27. The standard InChI is InChI=1S/C11H15ClN4O/c1-3-8-11(17)13-4-5-16(8)10-6-9(12)14-7(2)15-10/h6,8H,3-5H2,1-2H3,(H,13,17). The summed E-state index contributed by atoms with van der Waals surface area (Å²) in [6.07, 6.45) is 0.743. The molecule has 1 amide bonds. The lowest BCUT2D eigenvalue weighted by atomic mass is 10.1. The normalized spacial score (nSPS) is 20.3. The molecule has 1 atom stereocenters. The van der Waals surface area contributed by atoms with Crippen LogP contribution in [0.4, 0.5) is 5.82 Å². The lowest BCUT2D eigenvalue weighted by Gasteiger charge is -2.35. The number of nitrogens with zero attached hydrogens (tertiary/aromatic N) is 3. The fourth-order valence-electron chi connectivity index (χ4n) is 2.06. The van der Waals surface area contributed by atoms with Gasteiger partial charge in [0.15, 0.2) is 0 Å². The molecule has 1 fully saturated rings. The summed E-state index contributed by atoms with van der Waals surface area (Å²) >= 11 is 5.92. The molecule has 0 saturated carbocycles. The van der Waals surface area contributed by atoms with E-state index in [-0.39, 0.29) is 11.9 Å². The van der Waals surface area contributed by atoms with Gasteiger partial charge in [-0.3, -0.25) is 4.79 Å². The molecule has 0 radical (unpaired) electrons. The van der Waals surface area contributed by atoms with Crippen molar-refractivity contribution in [2.45, 2.75) is 26.3 Å². The summed E-state index contributed by atoms with van der Waals surface area (Å²) in [4.78, 5) is 22.1. The number of aryl methyl sites for hydroxylation is 1. The van der Waals surface area contributed by atoms with Crippen LogP contribution >= 0.6 is 11.6 Å². The van der Waals surface area contributed by atoms with E-state index >= 15 is 0 Å². The molecular formula is C11H15ClN4O. The Balaban J connectivity index is 2.33. The monoisotopic (exact) mass is 254 g/mol. The molecule has 0 aromatic carbocycles. The first kappa shape index (κ1) is 12.1. The van der Waals surface area contributed by atoms with Crippen molar-refractivity contribution in [3.63, 3.8) is 0 Å². The molecule has 0 bridgehead atoms. The van der Waals surface area contributed by atoms with Crippen molar-refractivity contribution in [3.05, 3.63) is 17.0 Å². The van der Waals surface area contributed by atoms with Gasteiger partial charge in [0, 0.05) is 19.2 Å². The second-order valence-corrected chi connectivity index (χ2v) is 4.39. The topological polar surface area (TPSA) is 58.1 Å². The molecule has 1 aliphatic rings. The Morgan fingerprint density at radius 1 is 1.59 bits per heavy atom. The minimum atomic E-state index is -0.172. The van der Waals surface area contributed by atoms with Crippen molar-refractivity contribution in [2.24, 2.45) is 0 Å². The summed E-state index contributed by atoms with van der Waals surface area (Å²) in [6.45, 7) is 5.16. The molecule has 1 N–H and O–H groups in total. The van der Waals surface area contributed by atoms with Crippen LogP contribution < -0.4 is 10.2 Å². The second kappa shape index (κ2) is 4.87. The number of nitrogens with one attached hydrogen (secondary N) is 1. The lowest BCUT2D eigenvalue weighted by Crippen LogP contribution is -2.55. The van der Waals surface area contributed by atoms with Crippen LogP contribution in [0.2, 0.25) is 5.15 Å². The Morgan fingerprint density at radius 2 is 2.35 bits per heavy atom. The first-order chi connectivity index (χ1) is 8.11. The molecule has 0 aliphatic carbocycles. The lowest BCUT2D eigenvalue weighted by molar-refractivity contribution is -0.123. The SMILES string of the molecule is CCC1C(=O)NCCN1c1cc(Cl)nc(C)n1. The molecule has 2 heterocycles. The summed E-state index contributed by atoms with van der Waals surface area (Å²) in [5, 5.41) is 3.27. The second-order valence-electron chi connectivity index (χ2n) is 4.00. The Morgan fingerprint density at radius 3 is 3.00 bits per heavy atom. The summed E-state index contributed by atoms with van der Waals surface area (Å²) in [5.74, 6) is 1.39. The Hall–Kier alpha value is -1.36. The molecule has 2 rings (SSSR count). The molecule has 92 valence electrons. The van der Waals surface area contributed by atoms with Gasteiger partial charge in [-0.15, -0.1) is 0 Å². The maximum absolute atomic E-state index is 11.7. The third-order valence-corrected chi connectivity index (χ3v) is 3.00. The molecule has 5 nitrogen and oxygen atoms in total. The predicted molar refractivity (Wildman–Crippen MR) is 66.2 cm³/mol. The van der Waals surface area contributed by atoms with Gasteiger partial charge in [0.25, 0.3) is 0 Å². The van der Waals surface area contributed by atoms with Crippen molar-refractivity contribution in [1.29, 1.82) is 0 Å². The van der Waals surface area contributed by atoms with Gasteiger partial charge < -0.3 is 10.2 Å². The van der Waals surface area contributed by atoms with Gasteiger partial charge in [0.1, 0.15) is 22.8 Å². The summed E-state index contributed by atoms with van der Waals surface area (Å²) in [5.41, 5.74) is 0. The first-order valence-electron chi connectivity index (χ1n) is 5.67. The number of amides is 1. The van der Waals surface area contributed by atoms with Crippen molar-refractivity contribution in [2.75, 3.05) is 18.0 Å². The van der Waals surface area contributed by atoms with E-state index in [2.05, 4.69) is 15.3 Å².